The molecule has 0 aliphatic heterocycles. The number of likely N-dealkylation sites (N-methyl/N-ethyl adjacent to an activating group) is 1. The van der Waals surface area contributed by atoms with E-state index in [1.54, 1.807) is 62.4 Å². The Bertz CT molecular complexity index is 911. The summed E-state index contributed by atoms with van der Waals surface area (Å²) in [5.74, 6) is -1.27. The zero-order valence-electron chi connectivity index (χ0n) is 16.7. The molecule has 0 aliphatic carbocycles. The minimum atomic E-state index is -0.792. The van der Waals surface area contributed by atoms with Gasteiger partial charge in [-0.2, -0.15) is 5.10 Å². The van der Waals surface area contributed by atoms with Crippen LogP contribution in [0.25, 0.3) is 0 Å². The first-order valence-corrected chi connectivity index (χ1v) is 9.72. The molecule has 0 unspecified atom stereocenters. The third-order valence-electron chi connectivity index (χ3n) is 4.02. The normalized spacial score (nSPS) is 10.5. The predicted molar refractivity (Wildman–Crippen MR) is 116 cm³/mol. The fourth-order valence-corrected chi connectivity index (χ4v) is 2.60. The zero-order chi connectivity index (χ0) is 21.9. The van der Waals surface area contributed by atoms with Crippen molar-refractivity contribution >= 4 is 41.2 Å². The van der Waals surface area contributed by atoms with Gasteiger partial charge in [-0.25, -0.2) is 5.43 Å². The number of ether oxygens (including phenoxy) is 1. The lowest BCUT2D eigenvalue weighted by atomic mass is 10.2. The number of carbonyl (C=O) groups excluding carboxylic acids is 3. The summed E-state index contributed by atoms with van der Waals surface area (Å²) in [6.45, 7) is 4.31. The number of anilines is 1. The maximum atomic E-state index is 12.0. The number of benzene rings is 2. The van der Waals surface area contributed by atoms with E-state index < -0.39 is 11.8 Å². The molecule has 8 nitrogen and oxygen atoms in total. The Balaban J connectivity index is 1.81. The number of rotatable bonds is 8. The van der Waals surface area contributed by atoms with Gasteiger partial charge in [0.1, 0.15) is 5.75 Å². The van der Waals surface area contributed by atoms with Gasteiger partial charge >= 0.3 is 11.8 Å². The summed E-state index contributed by atoms with van der Waals surface area (Å²) in [6.07, 6.45) is 1.40. The van der Waals surface area contributed by atoms with Gasteiger partial charge < -0.3 is 15.0 Å². The van der Waals surface area contributed by atoms with E-state index in [0.717, 1.165) is 0 Å². The number of hydrazone groups is 1. The van der Waals surface area contributed by atoms with E-state index in [1.807, 2.05) is 0 Å². The molecule has 2 aromatic rings. The minimum Gasteiger partial charge on any atom is -0.484 e. The maximum Gasteiger partial charge on any atom is 0.329 e. The molecule has 30 heavy (non-hydrogen) atoms. The van der Waals surface area contributed by atoms with Gasteiger partial charge in [-0.05, 0) is 55.8 Å². The van der Waals surface area contributed by atoms with Crippen LogP contribution in [0.2, 0.25) is 5.02 Å². The molecule has 0 heterocycles. The second-order valence-corrected chi connectivity index (χ2v) is 6.47. The first kappa shape index (κ1) is 22.9. The van der Waals surface area contributed by atoms with E-state index in [0.29, 0.717) is 35.1 Å². The average Bonchev–Trinajstić information content (AvgIpc) is 2.75. The highest BCUT2D eigenvalue weighted by molar-refractivity contribution is 6.35. The molecule has 2 aromatic carbocycles. The van der Waals surface area contributed by atoms with Crippen molar-refractivity contribution in [3.63, 3.8) is 0 Å². The Hall–Kier alpha value is -3.39. The monoisotopic (exact) mass is 430 g/mol. The molecule has 0 fully saturated rings. The van der Waals surface area contributed by atoms with E-state index in [-0.39, 0.29) is 12.5 Å². The third kappa shape index (κ3) is 6.89. The number of nitrogens with zero attached hydrogens (tertiary/aromatic N) is 2. The Morgan fingerprint density at radius 3 is 2.37 bits per heavy atom. The summed E-state index contributed by atoms with van der Waals surface area (Å²) in [7, 11) is 0. The Labute approximate surface area is 179 Å². The number of amides is 3. The van der Waals surface area contributed by atoms with Gasteiger partial charge in [0.25, 0.3) is 5.91 Å². The topological polar surface area (TPSA) is 100 Å². The molecule has 0 spiro atoms. The Kier molecular flexibility index (Phi) is 8.83. The second-order valence-electron chi connectivity index (χ2n) is 6.06. The van der Waals surface area contributed by atoms with Crippen LogP contribution in [0.3, 0.4) is 0 Å². The highest BCUT2D eigenvalue weighted by atomic mass is 35.5. The minimum absolute atomic E-state index is 0.178. The average molecular weight is 431 g/mol. The summed E-state index contributed by atoms with van der Waals surface area (Å²) in [4.78, 5) is 37.0. The lowest BCUT2D eigenvalue weighted by molar-refractivity contribution is -0.145. The van der Waals surface area contributed by atoms with Crippen molar-refractivity contribution in [3.05, 3.63) is 59.1 Å². The van der Waals surface area contributed by atoms with E-state index in [9.17, 15) is 14.4 Å². The summed E-state index contributed by atoms with van der Waals surface area (Å²) in [6, 6.07) is 13.6. The largest absolute Gasteiger partial charge is 0.484 e. The molecule has 158 valence electrons. The van der Waals surface area contributed by atoms with Crippen LogP contribution in [-0.4, -0.2) is 48.5 Å². The first-order chi connectivity index (χ1) is 14.4. The third-order valence-corrected chi connectivity index (χ3v) is 4.35. The van der Waals surface area contributed by atoms with Gasteiger partial charge in [0.15, 0.2) is 6.61 Å². The lowest BCUT2D eigenvalue weighted by Gasteiger charge is -2.16. The van der Waals surface area contributed by atoms with E-state index in [2.05, 4.69) is 15.8 Å². The van der Waals surface area contributed by atoms with Gasteiger partial charge in [-0.1, -0.05) is 23.7 Å². The fraction of sp³-hybridized carbons (Fsp3) is 0.238. The SMILES string of the molecule is CCN(CC)C(=O)C(=O)N/N=C\c1ccc(OCC(=O)Nc2ccccc2Cl)cc1. The lowest BCUT2D eigenvalue weighted by Crippen LogP contribution is -2.41. The molecule has 2 N–H and O–H groups in total. The number of nitrogens with one attached hydrogen (secondary N) is 2. The van der Waals surface area contributed by atoms with Crippen molar-refractivity contribution < 1.29 is 19.1 Å². The van der Waals surface area contributed by atoms with Crippen LogP contribution < -0.4 is 15.5 Å². The van der Waals surface area contributed by atoms with Gasteiger partial charge in [-0.3, -0.25) is 14.4 Å². The smallest absolute Gasteiger partial charge is 0.329 e. The van der Waals surface area contributed by atoms with Crippen molar-refractivity contribution in [3.8, 4) is 5.75 Å². The van der Waals surface area contributed by atoms with Crippen LogP contribution in [-0.2, 0) is 14.4 Å². The molecule has 0 radical (unpaired) electrons. The van der Waals surface area contributed by atoms with Crippen molar-refractivity contribution in [2.24, 2.45) is 5.10 Å². The summed E-state index contributed by atoms with van der Waals surface area (Å²) >= 11 is 6.00. The highest BCUT2D eigenvalue weighted by Crippen LogP contribution is 2.20. The fourth-order valence-electron chi connectivity index (χ4n) is 2.42. The molecule has 3 amide bonds. The van der Waals surface area contributed by atoms with E-state index in [4.69, 9.17) is 16.3 Å². The molecule has 0 aromatic heterocycles. The second kappa shape index (κ2) is 11.6. The molecular weight excluding hydrogens is 408 g/mol. The van der Waals surface area contributed by atoms with E-state index >= 15 is 0 Å². The quantitative estimate of drug-likeness (QED) is 0.382. The highest BCUT2D eigenvalue weighted by Gasteiger charge is 2.18. The molecular formula is C21H23ClN4O4. The molecule has 0 atom stereocenters. The van der Waals surface area contributed by atoms with Gasteiger partial charge in [0, 0.05) is 13.1 Å². The van der Waals surface area contributed by atoms with Crippen LogP contribution in [0, 0.1) is 0 Å². The molecule has 0 saturated carbocycles. The van der Waals surface area contributed by atoms with Gasteiger partial charge in [0.2, 0.25) is 0 Å². The predicted octanol–water partition coefficient (Wildman–Crippen LogP) is 2.68. The number of carbonyl (C=O) groups is 3. The summed E-state index contributed by atoms with van der Waals surface area (Å²) < 4.78 is 5.44. The summed E-state index contributed by atoms with van der Waals surface area (Å²) in [5.41, 5.74) is 3.40. The number of hydrogen-bond acceptors (Lipinski definition) is 5. The van der Waals surface area contributed by atoms with Crippen LogP contribution >= 0.6 is 11.6 Å². The standard InChI is InChI=1S/C21H23ClN4O4/c1-3-26(4-2)21(29)20(28)25-23-13-15-9-11-16(12-10-15)30-14-19(27)24-18-8-6-5-7-17(18)22/h5-13H,3-4,14H2,1-2H3,(H,24,27)(H,25,28)/b23-13-. The van der Waals surface area contributed by atoms with Crippen LogP contribution in [0.5, 0.6) is 5.75 Å². The first-order valence-electron chi connectivity index (χ1n) is 9.34. The van der Waals surface area contributed by atoms with Gasteiger partial charge in [0.05, 0.1) is 16.9 Å². The van der Waals surface area contributed by atoms with Crippen molar-refractivity contribution in [2.75, 3.05) is 25.0 Å². The number of para-hydroxylation sites is 1. The van der Waals surface area contributed by atoms with E-state index in [1.165, 1.54) is 11.1 Å². The number of halogens is 1. The van der Waals surface area contributed by atoms with Crippen molar-refractivity contribution in [2.45, 2.75) is 13.8 Å². The van der Waals surface area contributed by atoms with Crippen molar-refractivity contribution in [1.82, 2.24) is 10.3 Å². The van der Waals surface area contributed by atoms with Gasteiger partial charge in [-0.15, -0.1) is 0 Å². The summed E-state index contributed by atoms with van der Waals surface area (Å²) in [5, 5.41) is 6.90. The molecule has 0 saturated heterocycles. The molecule has 9 heteroatoms. The Morgan fingerprint density at radius 2 is 1.73 bits per heavy atom. The van der Waals surface area contributed by atoms with Crippen LogP contribution in [0.15, 0.2) is 53.6 Å². The zero-order valence-corrected chi connectivity index (χ0v) is 17.5. The van der Waals surface area contributed by atoms with Crippen molar-refractivity contribution in [1.29, 1.82) is 0 Å². The molecule has 0 bridgehead atoms. The molecule has 2 rings (SSSR count). The van der Waals surface area contributed by atoms with Crippen LogP contribution in [0.1, 0.15) is 19.4 Å². The maximum absolute atomic E-state index is 12.0. The molecule has 0 aliphatic rings. The number of hydrogen-bond donors (Lipinski definition) is 2. The Morgan fingerprint density at radius 1 is 1.07 bits per heavy atom. The van der Waals surface area contributed by atoms with Crippen LogP contribution in [0.4, 0.5) is 5.69 Å².